The van der Waals surface area contributed by atoms with E-state index in [2.05, 4.69) is 178 Å². The van der Waals surface area contributed by atoms with Gasteiger partial charge in [-0.15, -0.1) is 20.5 Å². The molecule has 0 amide bonds. The standard InChI is InChI=1S/C25H31N2.2C18H26N4O2.Co/c1-7-26-20-15-11-9-13-18(20)24(3,4)22(26)17-23-25(5,6)19-14-10-12-16-21(19)27(23)8-2;2*1-6-8-13-16(17(24)22(5)21-13)20-19-14-11-12(9-10-15(14)23)18(3,4)7-2;/h9-17H,7-8H2,1-6H3;2*9-11,23-24H,6-8H2,1-5H3;/q+1;;;. The minimum Gasteiger partial charge on any atom is -0.506 e. The van der Waals surface area contributed by atoms with Gasteiger partial charge in [0.05, 0.1) is 16.8 Å². The number of phenolic OH excluding ortho intramolecular Hbond substituents is 2. The fourth-order valence-electron chi connectivity index (χ4n) is 9.81. The van der Waals surface area contributed by atoms with Crippen LogP contribution in [-0.4, -0.2) is 63.4 Å². The maximum atomic E-state index is 10.1. The van der Waals surface area contributed by atoms with Gasteiger partial charge in [0, 0.05) is 71.9 Å². The van der Waals surface area contributed by atoms with Gasteiger partial charge >= 0.3 is 0 Å². The number of allylic oxidation sites excluding steroid dienone is 2. The van der Waals surface area contributed by atoms with E-state index in [0.717, 1.165) is 49.9 Å². The zero-order chi connectivity index (χ0) is 55.2. The van der Waals surface area contributed by atoms with Crippen LogP contribution in [0.2, 0.25) is 0 Å². The Labute approximate surface area is 462 Å². The first-order chi connectivity index (χ1) is 35.4. The van der Waals surface area contributed by atoms with Crippen LogP contribution in [0.1, 0.15) is 156 Å². The molecular formula is C61H83CoN10O4+. The van der Waals surface area contributed by atoms with E-state index >= 15 is 0 Å². The van der Waals surface area contributed by atoms with Crippen molar-refractivity contribution in [3.8, 4) is 23.3 Å². The van der Waals surface area contributed by atoms with Gasteiger partial charge in [0.2, 0.25) is 17.4 Å². The Bertz CT molecular complexity index is 2990. The summed E-state index contributed by atoms with van der Waals surface area (Å²) in [5.41, 5.74) is 13.4. The van der Waals surface area contributed by atoms with Crippen LogP contribution in [0.15, 0.2) is 117 Å². The number of aryl methyl sites for hydroxylation is 4. The van der Waals surface area contributed by atoms with Crippen LogP contribution in [0.5, 0.6) is 23.3 Å². The van der Waals surface area contributed by atoms with E-state index in [4.69, 9.17) is 0 Å². The molecular weight excluding hydrogens is 996 g/mol. The molecule has 0 fully saturated rings. The number of fused-ring (bicyclic) bond motifs is 2. The molecule has 8 rings (SSSR count). The molecule has 0 unspecified atom stereocenters. The minimum absolute atomic E-state index is 0. The Morgan fingerprint density at radius 3 is 1.47 bits per heavy atom. The van der Waals surface area contributed by atoms with Crippen molar-refractivity contribution in [1.82, 2.24) is 19.6 Å². The molecule has 4 heterocycles. The van der Waals surface area contributed by atoms with Crippen molar-refractivity contribution in [2.75, 3.05) is 18.0 Å². The number of aromatic nitrogens is 4. The van der Waals surface area contributed by atoms with Crippen molar-refractivity contribution in [1.29, 1.82) is 0 Å². The van der Waals surface area contributed by atoms with Gasteiger partial charge in [-0.1, -0.05) is 131 Å². The Hall–Kier alpha value is -6.58. The number of para-hydroxylation sites is 2. The first-order valence-corrected chi connectivity index (χ1v) is 26.8. The second kappa shape index (κ2) is 24.6. The third kappa shape index (κ3) is 12.3. The molecule has 0 saturated heterocycles. The van der Waals surface area contributed by atoms with E-state index in [1.807, 2.05) is 38.1 Å². The molecule has 15 heteroatoms. The average Bonchev–Trinajstić information content (AvgIpc) is 3.98. The largest absolute Gasteiger partial charge is 0.506 e. The first kappa shape index (κ1) is 60.3. The van der Waals surface area contributed by atoms with Crippen LogP contribution in [-0.2, 0) is 65.4 Å². The third-order valence-corrected chi connectivity index (χ3v) is 15.4. The van der Waals surface area contributed by atoms with Crippen LogP contribution >= 0.6 is 0 Å². The predicted molar refractivity (Wildman–Crippen MR) is 304 cm³/mol. The molecule has 0 saturated carbocycles. The van der Waals surface area contributed by atoms with Crippen LogP contribution in [0.4, 0.5) is 34.1 Å². The summed E-state index contributed by atoms with van der Waals surface area (Å²) in [6.07, 6.45) is 7.62. The minimum atomic E-state index is -0.0215. The van der Waals surface area contributed by atoms with Crippen LogP contribution < -0.4 is 4.90 Å². The summed E-state index contributed by atoms with van der Waals surface area (Å²) in [4.78, 5) is 2.50. The molecule has 6 aromatic rings. The van der Waals surface area contributed by atoms with Crippen molar-refractivity contribution in [2.45, 2.75) is 157 Å². The monoisotopic (exact) mass is 1080 g/mol. The molecule has 0 atom stereocenters. The van der Waals surface area contributed by atoms with Crippen LogP contribution in [0.3, 0.4) is 0 Å². The number of likely N-dealkylation sites (N-methyl/N-ethyl adjacent to an activating group) is 1. The van der Waals surface area contributed by atoms with E-state index in [0.29, 0.717) is 47.0 Å². The number of rotatable bonds is 15. The molecule has 409 valence electrons. The van der Waals surface area contributed by atoms with E-state index in [-0.39, 0.29) is 61.7 Å². The van der Waals surface area contributed by atoms with Gasteiger partial charge in [0.25, 0.3) is 0 Å². The number of aromatic hydroxyl groups is 4. The molecule has 2 aliphatic heterocycles. The average molecular weight is 1080 g/mol. The second-order valence-electron chi connectivity index (χ2n) is 22.0. The predicted octanol–water partition coefficient (Wildman–Crippen LogP) is 15.6. The summed E-state index contributed by atoms with van der Waals surface area (Å²) in [6.45, 7) is 32.8. The molecule has 1 radical (unpaired) electrons. The summed E-state index contributed by atoms with van der Waals surface area (Å²) < 4.78 is 5.26. The molecule has 0 bridgehead atoms. The summed E-state index contributed by atoms with van der Waals surface area (Å²) in [5.74, 6) is 0.0862. The van der Waals surface area contributed by atoms with Gasteiger partial charge in [0.15, 0.2) is 17.1 Å². The molecule has 14 nitrogen and oxygen atoms in total. The summed E-state index contributed by atoms with van der Waals surface area (Å²) in [5, 5.41) is 65.5. The number of hydrogen-bond acceptors (Lipinski definition) is 11. The normalized spacial score (nSPS) is 15.2. The molecule has 76 heavy (non-hydrogen) atoms. The topological polar surface area (TPSA) is 172 Å². The van der Waals surface area contributed by atoms with Gasteiger partial charge in [-0.2, -0.15) is 14.8 Å². The second-order valence-corrected chi connectivity index (χ2v) is 22.0. The third-order valence-electron chi connectivity index (χ3n) is 15.4. The van der Waals surface area contributed by atoms with Crippen molar-refractivity contribution >= 4 is 39.8 Å². The molecule has 2 aliphatic rings. The van der Waals surface area contributed by atoms with Crippen LogP contribution in [0, 0.1) is 0 Å². The maximum absolute atomic E-state index is 10.1. The van der Waals surface area contributed by atoms with Gasteiger partial charge in [-0.3, -0.25) is 0 Å². The maximum Gasteiger partial charge on any atom is 0.238 e. The Kier molecular flexibility index (Phi) is 19.5. The Balaban J connectivity index is 0.000000210. The first-order valence-electron chi connectivity index (χ1n) is 26.8. The summed E-state index contributed by atoms with van der Waals surface area (Å²) >= 11 is 0. The number of anilines is 1. The molecule has 0 aliphatic carbocycles. The summed E-state index contributed by atoms with van der Waals surface area (Å²) in [7, 11) is 3.32. The molecule has 0 spiro atoms. The van der Waals surface area contributed by atoms with E-state index in [1.165, 1.54) is 43.3 Å². The number of hydrogen-bond donors (Lipinski definition) is 4. The van der Waals surface area contributed by atoms with E-state index in [1.54, 1.807) is 26.2 Å². The Morgan fingerprint density at radius 2 is 1.04 bits per heavy atom. The number of phenols is 2. The van der Waals surface area contributed by atoms with Crippen molar-refractivity contribution in [3.05, 3.63) is 130 Å². The number of nitrogens with zero attached hydrogens (tertiary/aromatic N) is 10. The van der Waals surface area contributed by atoms with Gasteiger partial charge in [0.1, 0.15) is 29.4 Å². The zero-order valence-electron chi connectivity index (χ0n) is 47.9. The van der Waals surface area contributed by atoms with Gasteiger partial charge in [-0.05, 0) is 111 Å². The van der Waals surface area contributed by atoms with Gasteiger partial charge in [-0.25, -0.2) is 9.36 Å². The zero-order valence-corrected chi connectivity index (χ0v) is 49.0. The molecule has 4 aromatic carbocycles. The SMILES string of the molecule is CCCc1nn(C)c(O)c1N=Nc1cc(C(C)(C)CC)ccc1O.CCCc1nn(C)c(O)c1N=Nc1cc(C(C)(C)CC)ccc1O.CCN1C(=CC2=[N+](CC)c3ccccc3C2(C)C)C(C)(C)c2ccccc21.[Co]. The van der Waals surface area contributed by atoms with Crippen molar-refractivity contribution in [2.24, 2.45) is 34.6 Å². The van der Waals surface area contributed by atoms with Crippen molar-refractivity contribution < 1.29 is 41.8 Å². The molecule has 2 aromatic heterocycles. The summed E-state index contributed by atoms with van der Waals surface area (Å²) in [6, 6.07) is 28.5. The van der Waals surface area contributed by atoms with E-state index < -0.39 is 0 Å². The Morgan fingerprint density at radius 1 is 0.592 bits per heavy atom. The number of azo groups is 2. The van der Waals surface area contributed by atoms with Gasteiger partial charge < -0.3 is 25.3 Å². The van der Waals surface area contributed by atoms with Crippen LogP contribution in [0.25, 0.3) is 0 Å². The number of benzene rings is 4. The fourth-order valence-corrected chi connectivity index (χ4v) is 9.81. The smallest absolute Gasteiger partial charge is 0.238 e. The molecule has 4 N–H and O–H groups in total. The van der Waals surface area contributed by atoms with E-state index in [9.17, 15) is 20.4 Å². The van der Waals surface area contributed by atoms with Crippen molar-refractivity contribution in [3.63, 3.8) is 0 Å². The quantitative estimate of drug-likeness (QED) is 0.0585. The fraction of sp³-hybridized carbons (Fsp3) is 0.459.